The molecule has 0 atom stereocenters. The SMILES string of the molecule is CCCNc1cncc(CO)n1. The van der Waals surface area contributed by atoms with Gasteiger partial charge >= 0.3 is 0 Å². The number of aromatic nitrogens is 2. The summed E-state index contributed by atoms with van der Waals surface area (Å²) in [6.07, 6.45) is 4.25. The molecule has 12 heavy (non-hydrogen) atoms. The zero-order chi connectivity index (χ0) is 8.81. The van der Waals surface area contributed by atoms with Gasteiger partial charge in [0, 0.05) is 6.54 Å². The summed E-state index contributed by atoms with van der Waals surface area (Å²) in [5, 5.41) is 11.8. The molecule has 2 N–H and O–H groups in total. The molecule has 0 radical (unpaired) electrons. The van der Waals surface area contributed by atoms with Crippen LogP contribution >= 0.6 is 0 Å². The number of rotatable bonds is 4. The highest BCUT2D eigenvalue weighted by atomic mass is 16.3. The van der Waals surface area contributed by atoms with Gasteiger partial charge in [-0.05, 0) is 6.42 Å². The van der Waals surface area contributed by atoms with Crippen molar-refractivity contribution in [3.63, 3.8) is 0 Å². The van der Waals surface area contributed by atoms with Crippen LogP contribution in [0.25, 0.3) is 0 Å². The van der Waals surface area contributed by atoms with Crippen molar-refractivity contribution in [2.45, 2.75) is 20.0 Å². The smallest absolute Gasteiger partial charge is 0.144 e. The van der Waals surface area contributed by atoms with Crippen LogP contribution in [-0.2, 0) is 6.61 Å². The molecular formula is C8H13N3O. The van der Waals surface area contributed by atoms with E-state index in [2.05, 4.69) is 22.2 Å². The van der Waals surface area contributed by atoms with Gasteiger partial charge in [-0.1, -0.05) is 6.92 Å². The minimum atomic E-state index is -0.0609. The molecule has 1 aromatic rings. The molecule has 0 amide bonds. The monoisotopic (exact) mass is 167 g/mol. The highest BCUT2D eigenvalue weighted by Crippen LogP contribution is 2.01. The van der Waals surface area contributed by atoms with E-state index in [-0.39, 0.29) is 6.61 Å². The van der Waals surface area contributed by atoms with Crippen molar-refractivity contribution in [3.05, 3.63) is 18.1 Å². The molecule has 0 spiro atoms. The lowest BCUT2D eigenvalue weighted by Gasteiger charge is -2.03. The zero-order valence-corrected chi connectivity index (χ0v) is 7.12. The average Bonchev–Trinajstić information content (AvgIpc) is 2.15. The fraction of sp³-hybridized carbons (Fsp3) is 0.500. The van der Waals surface area contributed by atoms with Gasteiger partial charge in [0.15, 0.2) is 0 Å². The Balaban J connectivity index is 2.60. The molecule has 0 aliphatic rings. The molecular weight excluding hydrogens is 154 g/mol. The quantitative estimate of drug-likeness (QED) is 0.696. The molecule has 0 saturated carbocycles. The minimum absolute atomic E-state index is 0.0609. The van der Waals surface area contributed by atoms with Crippen molar-refractivity contribution < 1.29 is 5.11 Å². The van der Waals surface area contributed by atoms with Crippen LogP contribution in [-0.4, -0.2) is 21.6 Å². The van der Waals surface area contributed by atoms with Gasteiger partial charge in [-0.3, -0.25) is 4.98 Å². The van der Waals surface area contributed by atoms with Crippen LogP contribution < -0.4 is 5.32 Å². The standard InChI is InChI=1S/C8H13N3O/c1-2-3-10-8-5-9-4-7(6-12)11-8/h4-5,12H,2-3,6H2,1H3,(H,10,11). The number of nitrogens with zero attached hydrogens (tertiary/aromatic N) is 2. The Morgan fingerprint density at radius 3 is 3.00 bits per heavy atom. The molecule has 0 aromatic carbocycles. The molecule has 0 unspecified atom stereocenters. The Hall–Kier alpha value is -1.16. The summed E-state index contributed by atoms with van der Waals surface area (Å²) < 4.78 is 0. The summed E-state index contributed by atoms with van der Waals surface area (Å²) in [7, 11) is 0. The summed E-state index contributed by atoms with van der Waals surface area (Å²) in [6.45, 7) is 2.90. The first-order valence-electron chi connectivity index (χ1n) is 4.02. The van der Waals surface area contributed by atoms with Crippen LogP contribution in [0.5, 0.6) is 0 Å². The fourth-order valence-electron chi connectivity index (χ4n) is 0.821. The number of hydrogen-bond donors (Lipinski definition) is 2. The fourth-order valence-corrected chi connectivity index (χ4v) is 0.821. The van der Waals surface area contributed by atoms with Crippen molar-refractivity contribution in [1.82, 2.24) is 9.97 Å². The molecule has 0 aliphatic carbocycles. The van der Waals surface area contributed by atoms with Gasteiger partial charge < -0.3 is 10.4 Å². The first-order valence-corrected chi connectivity index (χ1v) is 4.02. The van der Waals surface area contributed by atoms with E-state index in [1.54, 1.807) is 12.4 Å². The maximum atomic E-state index is 8.76. The first-order chi connectivity index (χ1) is 5.86. The van der Waals surface area contributed by atoms with E-state index in [0.29, 0.717) is 5.69 Å². The van der Waals surface area contributed by atoms with Crippen molar-refractivity contribution in [2.24, 2.45) is 0 Å². The Morgan fingerprint density at radius 1 is 1.50 bits per heavy atom. The van der Waals surface area contributed by atoms with E-state index in [9.17, 15) is 0 Å². The van der Waals surface area contributed by atoms with Crippen LogP contribution in [0, 0.1) is 0 Å². The van der Waals surface area contributed by atoms with Crippen LogP contribution in [0.3, 0.4) is 0 Å². The van der Waals surface area contributed by atoms with E-state index >= 15 is 0 Å². The Bertz CT molecular complexity index is 239. The van der Waals surface area contributed by atoms with Crippen LogP contribution in [0.15, 0.2) is 12.4 Å². The molecule has 0 fully saturated rings. The lowest BCUT2D eigenvalue weighted by atomic mass is 10.4. The van der Waals surface area contributed by atoms with Gasteiger partial charge in [-0.25, -0.2) is 4.98 Å². The summed E-state index contributed by atoms with van der Waals surface area (Å²) in [5.41, 5.74) is 0.594. The van der Waals surface area contributed by atoms with Crippen molar-refractivity contribution in [1.29, 1.82) is 0 Å². The number of aliphatic hydroxyl groups excluding tert-OH is 1. The lowest BCUT2D eigenvalue weighted by Crippen LogP contribution is -2.03. The van der Waals surface area contributed by atoms with Crippen LogP contribution in [0.1, 0.15) is 19.0 Å². The third kappa shape index (κ3) is 2.47. The molecule has 0 saturated heterocycles. The van der Waals surface area contributed by atoms with Gasteiger partial charge in [-0.2, -0.15) is 0 Å². The molecule has 66 valence electrons. The second-order valence-electron chi connectivity index (χ2n) is 2.48. The van der Waals surface area contributed by atoms with Crippen LogP contribution in [0.4, 0.5) is 5.82 Å². The molecule has 4 nitrogen and oxygen atoms in total. The Labute approximate surface area is 71.7 Å². The van der Waals surface area contributed by atoms with E-state index in [1.165, 1.54) is 0 Å². The molecule has 1 aromatic heterocycles. The highest BCUT2D eigenvalue weighted by Gasteiger charge is 1.95. The first kappa shape index (κ1) is 8.93. The number of nitrogens with one attached hydrogen (secondary N) is 1. The van der Waals surface area contributed by atoms with Gasteiger partial charge in [0.25, 0.3) is 0 Å². The zero-order valence-electron chi connectivity index (χ0n) is 7.12. The molecule has 1 rings (SSSR count). The minimum Gasteiger partial charge on any atom is -0.390 e. The predicted molar refractivity (Wildman–Crippen MR) is 46.7 cm³/mol. The van der Waals surface area contributed by atoms with Gasteiger partial charge in [0.1, 0.15) is 5.82 Å². The Kier molecular flexibility index (Phi) is 3.47. The average molecular weight is 167 g/mol. The largest absolute Gasteiger partial charge is 0.390 e. The van der Waals surface area contributed by atoms with Gasteiger partial charge in [-0.15, -0.1) is 0 Å². The summed E-state index contributed by atoms with van der Waals surface area (Å²) in [6, 6.07) is 0. The Morgan fingerprint density at radius 2 is 2.33 bits per heavy atom. The lowest BCUT2D eigenvalue weighted by molar-refractivity contribution is 0.276. The summed E-state index contributed by atoms with van der Waals surface area (Å²) in [4.78, 5) is 8.03. The maximum Gasteiger partial charge on any atom is 0.144 e. The van der Waals surface area contributed by atoms with Gasteiger partial charge in [0.05, 0.1) is 24.7 Å². The maximum absolute atomic E-state index is 8.76. The highest BCUT2D eigenvalue weighted by molar-refractivity contribution is 5.31. The topological polar surface area (TPSA) is 58.0 Å². The van der Waals surface area contributed by atoms with Crippen molar-refractivity contribution in [2.75, 3.05) is 11.9 Å². The summed E-state index contributed by atoms with van der Waals surface area (Å²) >= 11 is 0. The normalized spacial score (nSPS) is 9.83. The van der Waals surface area contributed by atoms with Crippen molar-refractivity contribution >= 4 is 5.82 Å². The summed E-state index contributed by atoms with van der Waals surface area (Å²) in [5.74, 6) is 0.725. The molecule has 0 bridgehead atoms. The van der Waals surface area contributed by atoms with E-state index in [4.69, 9.17) is 5.11 Å². The molecule has 4 heteroatoms. The second-order valence-corrected chi connectivity index (χ2v) is 2.48. The third-order valence-electron chi connectivity index (χ3n) is 1.40. The predicted octanol–water partition coefficient (Wildman–Crippen LogP) is 0.791. The van der Waals surface area contributed by atoms with E-state index < -0.39 is 0 Å². The van der Waals surface area contributed by atoms with E-state index in [0.717, 1.165) is 18.8 Å². The molecule has 0 aliphatic heterocycles. The number of anilines is 1. The second kappa shape index (κ2) is 4.66. The van der Waals surface area contributed by atoms with Crippen molar-refractivity contribution in [3.8, 4) is 0 Å². The molecule has 1 heterocycles. The van der Waals surface area contributed by atoms with Gasteiger partial charge in [0.2, 0.25) is 0 Å². The number of aliphatic hydroxyl groups is 1. The number of hydrogen-bond acceptors (Lipinski definition) is 4. The third-order valence-corrected chi connectivity index (χ3v) is 1.40. The van der Waals surface area contributed by atoms with E-state index in [1.807, 2.05) is 0 Å². The van der Waals surface area contributed by atoms with Crippen LogP contribution in [0.2, 0.25) is 0 Å².